The largest absolute Gasteiger partial charge is 0.504 e. The van der Waals surface area contributed by atoms with Crippen molar-refractivity contribution < 1.29 is 9.84 Å². The van der Waals surface area contributed by atoms with E-state index in [1.807, 2.05) is 0 Å². The van der Waals surface area contributed by atoms with Crippen molar-refractivity contribution in [2.24, 2.45) is 0 Å². The highest BCUT2D eigenvalue weighted by molar-refractivity contribution is 6.30. The number of nitrogens with zero attached hydrogens (tertiary/aromatic N) is 1. The molecule has 0 spiro atoms. The van der Waals surface area contributed by atoms with Gasteiger partial charge in [0, 0.05) is 48.4 Å². The first-order valence-electron chi connectivity index (χ1n) is 7.20. The molecule has 3 rings (SSSR count). The van der Waals surface area contributed by atoms with E-state index in [9.17, 15) is 5.11 Å². The molecule has 2 N–H and O–H groups in total. The minimum absolute atomic E-state index is 0.182. The summed E-state index contributed by atoms with van der Waals surface area (Å²) in [5, 5.41) is 14.2. The van der Waals surface area contributed by atoms with Gasteiger partial charge in [-0.05, 0) is 25.3 Å². The standard InChI is InChI=1S/C15H21ClN2O2/c1-20-14-7-11(16)6-10(15(14)19)8-17-12-4-5-18(9-12)13-2-3-13/h6-7,12-13,17,19H,2-5,8-9H2,1H3. The first-order chi connectivity index (χ1) is 9.67. The fourth-order valence-corrected chi connectivity index (χ4v) is 3.13. The number of benzene rings is 1. The van der Waals surface area contributed by atoms with Gasteiger partial charge in [0.1, 0.15) is 0 Å². The molecule has 5 heteroatoms. The summed E-state index contributed by atoms with van der Waals surface area (Å²) >= 11 is 6.04. The van der Waals surface area contributed by atoms with E-state index in [1.165, 1.54) is 32.9 Å². The molecular weight excluding hydrogens is 276 g/mol. The predicted octanol–water partition coefficient (Wildman–Crippen LogP) is 2.38. The van der Waals surface area contributed by atoms with Crippen LogP contribution in [0.4, 0.5) is 0 Å². The van der Waals surface area contributed by atoms with Crippen molar-refractivity contribution in [3.8, 4) is 11.5 Å². The first kappa shape index (κ1) is 14.0. The van der Waals surface area contributed by atoms with Gasteiger partial charge in [0.2, 0.25) is 0 Å². The van der Waals surface area contributed by atoms with Crippen LogP contribution in [0.3, 0.4) is 0 Å². The van der Waals surface area contributed by atoms with E-state index in [-0.39, 0.29) is 5.75 Å². The van der Waals surface area contributed by atoms with Crippen molar-refractivity contribution in [1.82, 2.24) is 10.2 Å². The molecular formula is C15H21ClN2O2. The number of halogens is 1. The number of aromatic hydroxyl groups is 1. The third-order valence-corrected chi connectivity index (χ3v) is 4.42. The van der Waals surface area contributed by atoms with E-state index >= 15 is 0 Å². The van der Waals surface area contributed by atoms with Gasteiger partial charge in [-0.1, -0.05) is 11.6 Å². The topological polar surface area (TPSA) is 44.7 Å². The van der Waals surface area contributed by atoms with Crippen LogP contribution >= 0.6 is 11.6 Å². The first-order valence-corrected chi connectivity index (χ1v) is 7.58. The van der Waals surface area contributed by atoms with Crippen LogP contribution in [0.2, 0.25) is 5.02 Å². The Balaban J connectivity index is 1.59. The lowest BCUT2D eigenvalue weighted by Gasteiger charge is -2.16. The van der Waals surface area contributed by atoms with Gasteiger partial charge in [-0.25, -0.2) is 0 Å². The minimum atomic E-state index is 0.182. The highest BCUT2D eigenvalue weighted by Gasteiger charge is 2.34. The molecule has 1 saturated heterocycles. The van der Waals surface area contributed by atoms with Crippen LogP contribution in [-0.2, 0) is 6.54 Å². The molecule has 2 fully saturated rings. The molecule has 1 heterocycles. The van der Waals surface area contributed by atoms with Crippen LogP contribution in [0.25, 0.3) is 0 Å². The van der Waals surface area contributed by atoms with Crippen molar-refractivity contribution in [3.05, 3.63) is 22.7 Å². The number of hydrogen-bond acceptors (Lipinski definition) is 4. The molecule has 1 aliphatic carbocycles. The highest BCUT2D eigenvalue weighted by Crippen LogP contribution is 2.34. The van der Waals surface area contributed by atoms with Crippen molar-refractivity contribution in [3.63, 3.8) is 0 Å². The van der Waals surface area contributed by atoms with Crippen LogP contribution in [0.15, 0.2) is 12.1 Å². The third-order valence-electron chi connectivity index (χ3n) is 4.20. The van der Waals surface area contributed by atoms with Gasteiger partial charge < -0.3 is 15.2 Å². The zero-order valence-corrected chi connectivity index (χ0v) is 12.5. The molecule has 110 valence electrons. The molecule has 0 bridgehead atoms. The van der Waals surface area contributed by atoms with E-state index in [4.69, 9.17) is 16.3 Å². The number of likely N-dealkylation sites (tertiary alicyclic amines) is 1. The molecule has 1 atom stereocenters. The maximum absolute atomic E-state index is 10.1. The quantitative estimate of drug-likeness (QED) is 0.876. The summed E-state index contributed by atoms with van der Waals surface area (Å²) in [6, 6.07) is 4.76. The Labute approximate surface area is 124 Å². The molecule has 1 aliphatic heterocycles. The third kappa shape index (κ3) is 3.03. The second kappa shape index (κ2) is 5.80. The predicted molar refractivity (Wildman–Crippen MR) is 79.5 cm³/mol. The minimum Gasteiger partial charge on any atom is -0.504 e. The molecule has 1 aromatic rings. The molecule has 1 unspecified atom stereocenters. The smallest absolute Gasteiger partial charge is 0.162 e. The molecule has 4 nitrogen and oxygen atoms in total. The number of ether oxygens (including phenoxy) is 1. The van der Waals surface area contributed by atoms with Crippen LogP contribution < -0.4 is 10.1 Å². The number of methoxy groups -OCH3 is 1. The van der Waals surface area contributed by atoms with Gasteiger partial charge >= 0.3 is 0 Å². The fraction of sp³-hybridized carbons (Fsp3) is 0.600. The zero-order chi connectivity index (χ0) is 14.1. The number of rotatable bonds is 5. The monoisotopic (exact) mass is 296 g/mol. The van der Waals surface area contributed by atoms with E-state index in [1.54, 1.807) is 12.1 Å². The summed E-state index contributed by atoms with van der Waals surface area (Å²) in [4.78, 5) is 2.57. The molecule has 1 aromatic carbocycles. The lowest BCUT2D eigenvalue weighted by molar-refractivity contribution is 0.317. The van der Waals surface area contributed by atoms with E-state index < -0.39 is 0 Å². The molecule has 2 aliphatic rings. The molecule has 1 saturated carbocycles. The number of phenolic OH excluding ortho intramolecular Hbond substituents is 1. The second-order valence-corrected chi connectivity index (χ2v) is 6.14. The molecule has 0 amide bonds. The zero-order valence-electron chi connectivity index (χ0n) is 11.7. The Bertz CT molecular complexity index is 491. The Hall–Kier alpha value is -0.970. The number of phenols is 1. The van der Waals surface area contributed by atoms with Crippen molar-refractivity contribution in [2.45, 2.75) is 37.9 Å². The van der Waals surface area contributed by atoms with Crippen molar-refractivity contribution >= 4 is 11.6 Å². The van der Waals surface area contributed by atoms with Crippen LogP contribution in [0, 0.1) is 0 Å². The number of hydrogen-bond donors (Lipinski definition) is 2. The SMILES string of the molecule is COc1cc(Cl)cc(CNC2CCN(C3CC3)C2)c1O. The van der Waals surface area contributed by atoms with E-state index in [0.29, 0.717) is 23.4 Å². The van der Waals surface area contributed by atoms with Gasteiger partial charge in [0.15, 0.2) is 11.5 Å². The molecule has 0 aromatic heterocycles. The maximum atomic E-state index is 10.1. The lowest BCUT2D eigenvalue weighted by atomic mass is 10.1. The van der Waals surface area contributed by atoms with Crippen LogP contribution in [-0.4, -0.2) is 42.3 Å². The molecule has 20 heavy (non-hydrogen) atoms. The normalized spacial score (nSPS) is 23.2. The Morgan fingerprint density at radius 2 is 2.20 bits per heavy atom. The summed E-state index contributed by atoms with van der Waals surface area (Å²) in [5.74, 6) is 0.613. The summed E-state index contributed by atoms with van der Waals surface area (Å²) in [6.45, 7) is 2.92. The summed E-state index contributed by atoms with van der Waals surface area (Å²) in [6.07, 6.45) is 3.90. The van der Waals surface area contributed by atoms with E-state index in [0.717, 1.165) is 18.2 Å². The molecule has 0 radical (unpaired) electrons. The highest BCUT2D eigenvalue weighted by atomic mass is 35.5. The van der Waals surface area contributed by atoms with Crippen LogP contribution in [0.5, 0.6) is 11.5 Å². The van der Waals surface area contributed by atoms with Gasteiger partial charge in [-0.3, -0.25) is 4.90 Å². The summed E-state index contributed by atoms with van der Waals surface area (Å²) in [7, 11) is 1.53. The van der Waals surface area contributed by atoms with Gasteiger partial charge in [-0.2, -0.15) is 0 Å². The number of nitrogens with one attached hydrogen (secondary N) is 1. The van der Waals surface area contributed by atoms with Crippen molar-refractivity contribution in [1.29, 1.82) is 0 Å². The summed E-state index contributed by atoms with van der Waals surface area (Å²) < 4.78 is 5.12. The van der Waals surface area contributed by atoms with Crippen LogP contribution in [0.1, 0.15) is 24.8 Å². The Morgan fingerprint density at radius 3 is 2.90 bits per heavy atom. The van der Waals surface area contributed by atoms with E-state index in [2.05, 4.69) is 10.2 Å². The lowest BCUT2D eigenvalue weighted by Crippen LogP contribution is -2.32. The van der Waals surface area contributed by atoms with Gasteiger partial charge in [-0.15, -0.1) is 0 Å². The Morgan fingerprint density at radius 1 is 1.40 bits per heavy atom. The Kier molecular flexibility index (Phi) is 4.06. The van der Waals surface area contributed by atoms with Crippen molar-refractivity contribution in [2.75, 3.05) is 20.2 Å². The average molecular weight is 297 g/mol. The van der Waals surface area contributed by atoms with Gasteiger partial charge in [0.05, 0.1) is 7.11 Å². The second-order valence-electron chi connectivity index (χ2n) is 5.71. The maximum Gasteiger partial charge on any atom is 0.162 e. The summed E-state index contributed by atoms with van der Waals surface area (Å²) in [5.41, 5.74) is 0.791. The average Bonchev–Trinajstić information content (AvgIpc) is 3.19. The fourth-order valence-electron chi connectivity index (χ4n) is 2.90. The van der Waals surface area contributed by atoms with Gasteiger partial charge in [0.25, 0.3) is 0 Å².